The fourth-order valence-electron chi connectivity index (χ4n) is 2.16. The van der Waals surface area contributed by atoms with E-state index in [1.807, 2.05) is 0 Å². The van der Waals surface area contributed by atoms with Crippen LogP contribution in [0.2, 0.25) is 0 Å². The van der Waals surface area contributed by atoms with Crippen LogP contribution in [0.15, 0.2) is 30.3 Å². The van der Waals surface area contributed by atoms with Gasteiger partial charge in [-0.3, -0.25) is 9.59 Å². The molecule has 1 aromatic rings. The number of amides is 1. The van der Waals surface area contributed by atoms with Crippen molar-refractivity contribution in [1.82, 2.24) is 5.32 Å². The highest BCUT2D eigenvalue weighted by Crippen LogP contribution is 2.06. The molecule has 0 bridgehead atoms. The lowest BCUT2D eigenvalue weighted by Crippen LogP contribution is -2.25. The average molecular weight is 392 g/mol. The Balaban J connectivity index is 2.01. The second-order valence-corrected chi connectivity index (χ2v) is 6.15. The number of ether oxygens (including phenoxy) is 3. The number of ketones is 1. The maximum absolute atomic E-state index is 12.1. The lowest BCUT2D eigenvalue weighted by Gasteiger charge is -2.08. The number of nitrogens with one attached hydrogen (secondary N) is 1. The van der Waals surface area contributed by atoms with Gasteiger partial charge in [0.05, 0.1) is 26.4 Å². The van der Waals surface area contributed by atoms with E-state index in [9.17, 15) is 9.59 Å². The quantitative estimate of drug-likeness (QED) is 0.329. The van der Waals surface area contributed by atoms with Crippen LogP contribution in [0, 0.1) is 0 Å². The van der Waals surface area contributed by atoms with Gasteiger partial charge in [-0.2, -0.15) is 0 Å². The SMILES string of the molecule is CC(=O)C=Cc1ccc(C(=O)NCCCOCCOCCOCCCN)cc1. The van der Waals surface area contributed by atoms with Crippen LogP contribution in [0.5, 0.6) is 0 Å². The molecule has 156 valence electrons. The molecular weight excluding hydrogens is 360 g/mol. The maximum atomic E-state index is 12.1. The summed E-state index contributed by atoms with van der Waals surface area (Å²) in [5.41, 5.74) is 6.83. The van der Waals surface area contributed by atoms with Crippen LogP contribution < -0.4 is 11.1 Å². The van der Waals surface area contributed by atoms with Gasteiger partial charge in [-0.25, -0.2) is 0 Å². The van der Waals surface area contributed by atoms with Crippen molar-refractivity contribution in [2.75, 3.05) is 52.7 Å². The molecule has 0 aliphatic carbocycles. The summed E-state index contributed by atoms with van der Waals surface area (Å²) >= 11 is 0. The molecule has 0 unspecified atom stereocenters. The van der Waals surface area contributed by atoms with Crippen molar-refractivity contribution in [3.63, 3.8) is 0 Å². The molecule has 0 radical (unpaired) electrons. The molecule has 0 aromatic heterocycles. The van der Waals surface area contributed by atoms with Crippen molar-refractivity contribution in [2.24, 2.45) is 5.73 Å². The monoisotopic (exact) mass is 392 g/mol. The first-order chi connectivity index (χ1) is 13.6. The third kappa shape index (κ3) is 12.3. The zero-order valence-corrected chi connectivity index (χ0v) is 16.7. The third-order valence-electron chi connectivity index (χ3n) is 3.67. The maximum Gasteiger partial charge on any atom is 0.251 e. The number of hydrogen-bond acceptors (Lipinski definition) is 6. The second-order valence-electron chi connectivity index (χ2n) is 6.15. The lowest BCUT2D eigenvalue weighted by atomic mass is 10.1. The smallest absolute Gasteiger partial charge is 0.251 e. The minimum absolute atomic E-state index is 0.0112. The standard InChI is InChI=1S/C21H32N2O5/c1-18(24)4-5-19-6-8-20(9-7-19)21(25)23-11-3-13-27-15-17-28-16-14-26-12-2-10-22/h4-9H,2-3,10-17,22H2,1H3,(H,23,25). The normalized spacial score (nSPS) is 11.1. The largest absolute Gasteiger partial charge is 0.379 e. The molecule has 3 N–H and O–H groups in total. The third-order valence-corrected chi connectivity index (χ3v) is 3.67. The summed E-state index contributed by atoms with van der Waals surface area (Å²) in [6.07, 6.45) is 4.81. The van der Waals surface area contributed by atoms with Gasteiger partial charge in [0.25, 0.3) is 5.91 Å². The molecule has 1 aromatic carbocycles. The summed E-state index contributed by atoms with van der Waals surface area (Å²) < 4.78 is 16.2. The van der Waals surface area contributed by atoms with Gasteiger partial charge in [0.1, 0.15) is 0 Å². The molecule has 0 spiro atoms. The minimum atomic E-state index is -0.125. The van der Waals surface area contributed by atoms with Crippen molar-refractivity contribution >= 4 is 17.8 Å². The molecule has 1 amide bonds. The first-order valence-electron chi connectivity index (χ1n) is 9.63. The summed E-state index contributed by atoms with van der Waals surface area (Å²) in [5, 5.41) is 2.86. The topological polar surface area (TPSA) is 99.9 Å². The zero-order valence-electron chi connectivity index (χ0n) is 16.7. The van der Waals surface area contributed by atoms with E-state index in [2.05, 4.69) is 5.32 Å². The van der Waals surface area contributed by atoms with Crippen molar-refractivity contribution in [1.29, 1.82) is 0 Å². The molecule has 0 saturated carbocycles. The van der Waals surface area contributed by atoms with Crippen LogP contribution in [0.3, 0.4) is 0 Å². The molecule has 1 rings (SSSR count). The van der Waals surface area contributed by atoms with E-state index < -0.39 is 0 Å². The number of allylic oxidation sites excluding steroid dienone is 1. The fraction of sp³-hybridized carbons (Fsp3) is 0.524. The molecule has 0 heterocycles. The predicted molar refractivity (Wildman–Crippen MR) is 109 cm³/mol. The molecule has 28 heavy (non-hydrogen) atoms. The Hall–Kier alpha value is -2.06. The van der Waals surface area contributed by atoms with Crippen molar-refractivity contribution < 1.29 is 23.8 Å². The zero-order chi connectivity index (χ0) is 20.5. The average Bonchev–Trinajstić information content (AvgIpc) is 2.70. The molecule has 0 aliphatic rings. The summed E-state index contributed by atoms with van der Waals surface area (Å²) in [6.45, 7) is 6.07. The minimum Gasteiger partial charge on any atom is -0.379 e. The number of carbonyl (C=O) groups is 2. The Kier molecular flexibility index (Phi) is 13.7. The van der Waals surface area contributed by atoms with Gasteiger partial charge in [-0.1, -0.05) is 18.2 Å². The van der Waals surface area contributed by atoms with E-state index >= 15 is 0 Å². The van der Waals surface area contributed by atoms with E-state index in [0.717, 1.165) is 18.4 Å². The number of benzene rings is 1. The number of nitrogens with two attached hydrogens (primary N) is 1. The molecule has 0 aliphatic heterocycles. The lowest BCUT2D eigenvalue weighted by molar-refractivity contribution is -0.112. The molecule has 7 nitrogen and oxygen atoms in total. The Morgan fingerprint density at radius 2 is 1.50 bits per heavy atom. The highest BCUT2D eigenvalue weighted by molar-refractivity contribution is 5.95. The van der Waals surface area contributed by atoms with Gasteiger partial charge in [-0.15, -0.1) is 0 Å². The van der Waals surface area contributed by atoms with Crippen molar-refractivity contribution in [3.8, 4) is 0 Å². The summed E-state index contributed by atoms with van der Waals surface area (Å²) in [6, 6.07) is 7.09. The Labute approximate surface area is 167 Å². The van der Waals surface area contributed by atoms with Gasteiger partial charge in [0.2, 0.25) is 0 Å². The molecule has 0 fully saturated rings. The molecule has 0 atom stereocenters. The van der Waals surface area contributed by atoms with E-state index in [0.29, 0.717) is 58.3 Å². The van der Waals surface area contributed by atoms with Crippen LogP contribution in [0.1, 0.15) is 35.7 Å². The Morgan fingerprint density at radius 3 is 2.07 bits per heavy atom. The Bertz CT molecular complexity index is 587. The molecular formula is C21H32N2O5. The molecule has 7 heteroatoms. The van der Waals surface area contributed by atoms with Crippen LogP contribution in [0.4, 0.5) is 0 Å². The van der Waals surface area contributed by atoms with Crippen molar-refractivity contribution in [2.45, 2.75) is 19.8 Å². The van der Waals surface area contributed by atoms with Crippen LogP contribution in [0.25, 0.3) is 6.08 Å². The van der Waals surface area contributed by atoms with Gasteiger partial charge >= 0.3 is 0 Å². The predicted octanol–water partition coefficient (Wildman–Crippen LogP) is 1.81. The number of carbonyl (C=O) groups excluding carboxylic acids is 2. The van der Waals surface area contributed by atoms with Crippen molar-refractivity contribution in [3.05, 3.63) is 41.5 Å². The van der Waals surface area contributed by atoms with Crippen LogP contribution in [-0.2, 0) is 19.0 Å². The van der Waals surface area contributed by atoms with Gasteiger partial charge in [0.15, 0.2) is 5.78 Å². The van der Waals surface area contributed by atoms with Gasteiger partial charge < -0.3 is 25.3 Å². The highest BCUT2D eigenvalue weighted by Gasteiger charge is 2.04. The van der Waals surface area contributed by atoms with E-state index in [-0.39, 0.29) is 11.7 Å². The van der Waals surface area contributed by atoms with Crippen LogP contribution in [-0.4, -0.2) is 64.4 Å². The summed E-state index contributed by atoms with van der Waals surface area (Å²) in [4.78, 5) is 23.0. The van der Waals surface area contributed by atoms with Gasteiger partial charge in [0, 0.05) is 25.3 Å². The first-order valence-corrected chi connectivity index (χ1v) is 9.63. The van der Waals surface area contributed by atoms with E-state index in [1.54, 1.807) is 30.3 Å². The van der Waals surface area contributed by atoms with E-state index in [1.165, 1.54) is 13.0 Å². The highest BCUT2D eigenvalue weighted by atomic mass is 16.5. The second kappa shape index (κ2) is 15.9. The Morgan fingerprint density at radius 1 is 0.929 bits per heavy atom. The molecule has 0 saturated heterocycles. The van der Waals surface area contributed by atoms with E-state index in [4.69, 9.17) is 19.9 Å². The first kappa shape index (κ1) is 24.0. The summed E-state index contributed by atoms with van der Waals surface area (Å²) in [7, 11) is 0. The fourth-order valence-corrected chi connectivity index (χ4v) is 2.16. The number of hydrogen-bond donors (Lipinski definition) is 2. The van der Waals surface area contributed by atoms with Gasteiger partial charge in [-0.05, 0) is 50.1 Å². The number of rotatable bonds is 16. The van der Waals surface area contributed by atoms with Crippen LogP contribution >= 0.6 is 0 Å². The summed E-state index contributed by atoms with van der Waals surface area (Å²) in [5.74, 6) is -0.136.